The minimum atomic E-state index is -3.97. The first-order valence-corrected chi connectivity index (χ1v) is 10.5. The molecule has 1 saturated heterocycles. The van der Waals surface area contributed by atoms with Crippen molar-refractivity contribution in [2.24, 2.45) is 0 Å². The first-order chi connectivity index (χ1) is 14.1. The summed E-state index contributed by atoms with van der Waals surface area (Å²) >= 11 is 0. The highest BCUT2D eigenvalue weighted by molar-refractivity contribution is 7.89. The number of aliphatic hydroxyl groups excluding tert-OH is 1. The van der Waals surface area contributed by atoms with Gasteiger partial charge in [-0.15, -0.1) is 0 Å². The fourth-order valence-corrected chi connectivity index (χ4v) is 4.83. The Kier molecular flexibility index (Phi) is 6.34. The number of halogens is 3. The number of hydrogen-bond donors (Lipinski definition) is 3. The van der Waals surface area contributed by atoms with Crippen LogP contribution < -0.4 is 10.6 Å². The van der Waals surface area contributed by atoms with E-state index in [4.69, 9.17) is 0 Å². The Hall–Kier alpha value is -2.63. The van der Waals surface area contributed by atoms with Gasteiger partial charge in [-0.25, -0.2) is 21.6 Å². The number of rotatable bonds is 5. The standard InChI is InChI=1S/C19H20F3N3O4S/c1-23-16-3-2-11(19(27)24-12-9-14(20)18(22)15(21)10-12)8-17(16)30(28,29)25-6-4-13(26)5-7-25/h2-3,8-10,13,23,26H,4-7H2,1H3,(H,24,27). The van der Waals surface area contributed by atoms with Gasteiger partial charge in [0.15, 0.2) is 17.5 Å². The van der Waals surface area contributed by atoms with Crippen LogP contribution in [0.2, 0.25) is 0 Å². The number of nitrogens with zero attached hydrogens (tertiary/aromatic N) is 1. The molecule has 7 nitrogen and oxygen atoms in total. The maximum atomic E-state index is 13.4. The van der Waals surface area contributed by atoms with E-state index >= 15 is 0 Å². The van der Waals surface area contributed by atoms with E-state index in [9.17, 15) is 31.5 Å². The largest absolute Gasteiger partial charge is 0.393 e. The lowest BCUT2D eigenvalue weighted by Gasteiger charge is -2.29. The number of anilines is 2. The van der Waals surface area contributed by atoms with Gasteiger partial charge in [0.25, 0.3) is 5.91 Å². The predicted molar refractivity (Wildman–Crippen MR) is 104 cm³/mol. The number of amides is 1. The molecule has 0 saturated carbocycles. The SMILES string of the molecule is CNc1ccc(C(=O)Nc2cc(F)c(F)c(F)c2)cc1S(=O)(=O)N1CCC(O)CC1. The van der Waals surface area contributed by atoms with Gasteiger partial charge in [0.2, 0.25) is 10.0 Å². The van der Waals surface area contributed by atoms with E-state index in [1.54, 1.807) is 0 Å². The molecule has 0 radical (unpaired) electrons. The lowest BCUT2D eigenvalue weighted by atomic mass is 10.1. The molecule has 3 rings (SSSR count). The van der Waals surface area contributed by atoms with Gasteiger partial charge in [0.05, 0.1) is 11.8 Å². The monoisotopic (exact) mass is 443 g/mol. The third-order valence-electron chi connectivity index (χ3n) is 4.80. The van der Waals surface area contributed by atoms with Crippen LogP contribution in [-0.2, 0) is 10.0 Å². The Balaban J connectivity index is 1.91. The highest BCUT2D eigenvalue weighted by atomic mass is 32.2. The number of carbonyl (C=O) groups is 1. The molecule has 1 amide bonds. The molecule has 3 N–H and O–H groups in total. The van der Waals surface area contributed by atoms with E-state index in [1.165, 1.54) is 23.5 Å². The molecule has 0 aliphatic carbocycles. The molecule has 162 valence electrons. The maximum Gasteiger partial charge on any atom is 0.255 e. The highest BCUT2D eigenvalue weighted by Gasteiger charge is 2.31. The lowest BCUT2D eigenvalue weighted by Crippen LogP contribution is -2.40. The van der Waals surface area contributed by atoms with Crippen LogP contribution in [0.15, 0.2) is 35.2 Å². The van der Waals surface area contributed by atoms with Crippen LogP contribution >= 0.6 is 0 Å². The second-order valence-corrected chi connectivity index (χ2v) is 8.71. The Morgan fingerprint density at radius 2 is 1.70 bits per heavy atom. The molecule has 0 unspecified atom stereocenters. The highest BCUT2D eigenvalue weighted by Crippen LogP contribution is 2.28. The van der Waals surface area contributed by atoms with Crippen molar-refractivity contribution in [1.82, 2.24) is 4.31 Å². The number of aliphatic hydroxyl groups is 1. The van der Waals surface area contributed by atoms with E-state index < -0.39 is 39.5 Å². The minimum absolute atomic E-state index is 0.0743. The first kappa shape index (κ1) is 22.1. The molecule has 0 aromatic heterocycles. The maximum absolute atomic E-state index is 13.4. The Morgan fingerprint density at radius 3 is 2.27 bits per heavy atom. The third kappa shape index (κ3) is 4.42. The average Bonchev–Trinajstić information content (AvgIpc) is 2.71. The molecule has 1 heterocycles. The Morgan fingerprint density at radius 1 is 1.10 bits per heavy atom. The lowest BCUT2D eigenvalue weighted by molar-refractivity contribution is 0.102. The fourth-order valence-electron chi connectivity index (χ4n) is 3.14. The molecule has 2 aromatic rings. The van der Waals surface area contributed by atoms with Crippen LogP contribution in [0.4, 0.5) is 24.5 Å². The normalized spacial score (nSPS) is 15.8. The summed E-state index contributed by atoms with van der Waals surface area (Å²) in [6.07, 6.45) is 0.0419. The zero-order valence-corrected chi connectivity index (χ0v) is 16.8. The third-order valence-corrected chi connectivity index (χ3v) is 6.73. The quantitative estimate of drug-likeness (QED) is 0.617. The second-order valence-electron chi connectivity index (χ2n) is 6.80. The molecule has 11 heteroatoms. The van der Waals surface area contributed by atoms with E-state index in [2.05, 4.69) is 10.6 Å². The van der Waals surface area contributed by atoms with Crippen molar-refractivity contribution in [3.63, 3.8) is 0 Å². The molecule has 30 heavy (non-hydrogen) atoms. The van der Waals surface area contributed by atoms with Crippen molar-refractivity contribution >= 4 is 27.3 Å². The summed E-state index contributed by atoms with van der Waals surface area (Å²) in [5.74, 6) is -5.42. The smallest absolute Gasteiger partial charge is 0.255 e. The topological polar surface area (TPSA) is 98.7 Å². The van der Waals surface area contributed by atoms with Gasteiger partial charge in [0.1, 0.15) is 4.90 Å². The first-order valence-electron chi connectivity index (χ1n) is 9.09. The fraction of sp³-hybridized carbons (Fsp3) is 0.316. The van der Waals surface area contributed by atoms with E-state index in [0.717, 1.165) is 6.07 Å². The van der Waals surface area contributed by atoms with Gasteiger partial charge in [-0.1, -0.05) is 0 Å². The van der Waals surface area contributed by atoms with Crippen LogP contribution in [0.25, 0.3) is 0 Å². The van der Waals surface area contributed by atoms with Gasteiger partial charge >= 0.3 is 0 Å². The van der Waals surface area contributed by atoms with E-state index in [-0.39, 0.29) is 34.9 Å². The van der Waals surface area contributed by atoms with Gasteiger partial charge in [0, 0.05) is 43.5 Å². The molecule has 0 spiro atoms. The zero-order valence-electron chi connectivity index (χ0n) is 16.0. The molecule has 1 aliphatic heterocycles. The number of hydrogen-bond acceptors (Lipinski definition) is 5. The van der Waals surface area contributed by atoms with E-state index in [1.807, 2.05) is 0 Å². The second kappa shape index (κ2) is 8.62. The summed E-state index contributed by atoms with van der Waals surface area (Å²) in [4.78, 5) is 12.4. The van der Waals surface area contributed by atoms with Gasteiger partial charge in [-0.2, -0.15) is 4.31 Å². The van der Waals surface area contributed by atoms with Crippen LogP contribution in [-0.4, -0.2) is 50.0 Å². The zero-order chi connectivity index (χ0) is 22.1. The molecule has 1 aliphatic rings. The average molecular weight is 443 g/mol. The van der Waals surface area contributed by atoms with Crippen molar-refractivity contribution in [3.8, 4) is 0 Å². The van der Waals surface area contributed by atoms with Crippen LogP contribution in [0.5, 0.6) is 0 Å². The summed E-state index contributed by atoms with van der Waals surface area (Å²) in [7, 11) is -2.44. The molecule has 0 atom stereocenters. The molecule has 0 bridgehead atoms. The van der Waals surface area contributed by atoms with Crippen LogP contribution in [0.1, 0.15) is 23.2 Å². The number of nitrogens with one attached hydrogen (secondary N) is 2. The van der Waals surface area contributed by atoms with Crippen LogP contribution in [0.3, 0.4) is 0 Å². The number of benzene rings is 2. The Bertz CT molecular complexity index is 1050. The number of carbonyl (C=O) groups excluding carboxylic acids is 1. The van der Waals surface area contributed by atoms with Crippen molar-refractivity contribution in [3.05, 3.63) is 53.3 Å². The summed E-state index contributed by atoms with van der Waals surface area (Å²) in [6.45, 7) is 0.272. The summed E-state index contributed by atoms with van der Waals surface area (Å²) in [6, 6.07) is 5.13. The molecular weight excluding hydrogens is 423 g/mol. The van der Waals surface area contributed by atoms with Gasteiger partial charge in [-0.05, 0) is 31.0 Å². The molecular formula is C19H20F3N3O4S. The number of sulfonamides is 1. The minimum Gasteiger partial charge on any atom is -0.393 e. The van der Waals surface area contributed by atoms with Gasteiger partial charge < -0.3 is 15.7 Å². The van der Waals surface area contributed by atoms with Gasteiger partial charge in [-0.3, -0.25) is 4.79 Å². The predicted octanol–water partition coefficient (Wildman–Crippen LogP) is 2.54. The molecule has 1 fully saturated rings. The summed E-state index contributed by atoms with van der Waals surface area (Å²) in [5.41, 5.74) is -0.130. The summed E-state index contributed by atoms with van der Waals surface area (Å²) < 4.78 is 67.2. The van der Waals surface area contributed by atoms with Crippen LogP contribution in [0, 0.1) is 17.5 Å². The van der Waals surface area contributed by atoms with E-state index in [0.29, 0.717) is 25.0 Å². The summed E-state index contributed by atoms with van der Waals surface area (Å²) in [5, 5.41) is 14.6. The number of piperidine rings is 1. The molecule has 2 aromatic carbocycles. The van der Waals surface area contributed by atoms with Crippen molar-refractivity contribution in [2.45, 2.75) is 23.8 Å². The Labute approximate surface area is 171 Å². The van der Waals surface area contributed by atoms with Crippen molar-refractivity contribution < 1.29 is 31.5 Å². The van der Waals surface area contributed by atoms with Crippen molar-refractivity contribution in [2.75, 3.05) is 30.8 Å². The van der Waals surface area contributed by atoms with Crippen molar-refractivity contribution in [1.29, 1.82) is 0 Å².